The summed E-state index contributed by atoms with van der Waals surface area (Å²) < 4.78 is 19.1. The first-order valence-corrected chi connectivity index (χ1v) is 7.88. The van der Waals surface area contributed by atoms with Crippen molar-refractivity contribution in [2.75, 3.05) is 19.7 Å². The van der Waals surface area contributed by atoms with Gasteiger partial charge in [0.25, 0.3) is 0 Å². The Labute approximate surface area is 143 Å². The average Bonchev–Trinajstić information content (AvgIpc) is 2.55. The molecule has 1 N–H and O–H groups in total. The molecule has 1 heterocycles. The Morgan fingerprint density at radius 3 is 2.48 bits per heavy atom. The molecule has 23 heavy (non-hydrogen) atoms. The van der Waals surface area contributed by atoms with E-state index in [1.54, 1.807) is 12.1 Å². The fourth-order valence-electron chi connectivity index (χ4n) is 3.08. The van der Waals surface area contributed by atoms with Gasteiger partial charge in [-0.15, -0.1) is 12.4 Å². The third-order valence-corrected chi connectivity index (χ3v) is 4.39. The predicted octanol–water partition coefficient (Wildman–Crippen LogP) is 4.33. The van der Waals surface area contributed by atoms with E-state index in [1.807, 2.05) is 24.3 Å². The van der Waals surface area contributed by atoms with Gasteiger partial charge in [0.2, 0.25) is 0 Å². The molecule has 3 rings (SSSR count). The van der Waals surface area contributed by atoms with E-state index >= 15 is 0 Å². The molecule has 0 bridgehead atoms. The van der Waals surface area contributed by atoms with Crippen LogP contribution in [-0.4, -0.2) is 19.7 Å². The topological polar surface area (TPSA) is 21.3 Å². The summed E-state index contributed by atoms with van der Waals surface area (Å²) in [5.74, 6) is 1.56. The summed E-state index contributed by atoms with van der Waals surface area (Å²) in [5, 5.41) is 3.44. The van der Waals surface area contributed by atoms with Gasteiger partial charge in [-0.3, -0.25) is 0 Å². The van der Waals surface area contributed by atoms with Crippen molar-refractivity contribution in [1.82, 2.24) is 5.32 Å². The first kappa shape index (κ1) is 17.8. The molecule has 0 unspecified atom stereocenters. The second-order valence-electron chi connectivity index (χ2n) is 6.03. The minimum absolute atomic E-state index is 0. The highest BCUT2D eigenvalue weighted by Crippen LogP contribution is 2.31. The first-order chi connectivity index (χ1) is 10.7. The Morgan fingerprint density at radius 2 is 1.78 bits per heavy atom. The van der Waals surface area contributed by atoms with E-state index in [0.717, 1.165) is 25.3 Å². The number of aryl methyl sites for hydroxylation is 1. The van der Waals surface area contributed by atoms with Gasteiger partial charge in [0, 0.05) is 12.5 Å². The lowest BCUT2D eigenvalue weighted by Crippen LogP contribution is -2.38. The maximum atomic E-state index is 13.1. The SMILES string of the molecule is Cc1ccc(OC[C@@H]2CNCC[C@H]2c2ccc(F)cc2)cc1.Cl. The Kier molecular flexibility index (Phi) is 6.43. The van der Waals surface area contributed by atoms with Crippen molar-refractivity contribution in [1.29, 1.82) is 0 Å². The van der Waals surface area contributed by atoms with Crippen LogP contribution in [0, 0.1) is 18.7 Å². The molecule has 0 aromatic heterocycles. The Morgan fingerprint density at radius 1 is 1.09 bits per heavy atom. The van der Waals surface area contributed by atoms with Crippen LogP contribution in [0.15, 0.2) is 48.5 Å². The Bertz CT molecular complexity index is 600. The quantitative estimate of drug-likeness (QED) is 0.898. The number of ether oxygens (including phenoxy) is 1. The lowest BCUT2D eigenvalue weighted by Gasteiger charge is -2.32. The van der Waals surface area contributed by atoms with E-state index in [0.29, 0.717) is 18.4 Å². The summed E-state index contributed by atoms with van der Waals surface area (Å²) in [6.45, 7) is 4.69. The van der Waals surface area contributed by atoms with Crippen LogP contribution in [0.4, 0.5) is 4.39 Å². The summed E-state index contributed by atoms with van der Waals surface area (Å²) in [5.41, 5.74) is 2.44. The van der Waals surface area contributed by atoms with Crippen LogP contribution in [0.25, 0.3) is 0 Å². The average molecular weight is 336 g/mol. The van der Waals surface area contributed by atoms with E-state index < -0.39 is 0 Å². The van der Waals surface area contributed by atoms with Crippen molar-refractivity contribution >= 4 is 12.4 Å². The van der Waals surface area contributed by atoms with E-state index in [2.05, 4.69) is 24.4 Å². The molecule has 0 aliphatic carbocycles. The van der Waals surface area contributed by atoms with Gasteiger partial charge in [0.15, 0.2) is 0 Å². The summed E-state index contributed by atoms with van der Waals surface area (Å²) >= 11 is 0. The van der Waals surface area contributed by atoms with Crippen LogP contribution in [0.1, 0.15) is 23.5 Å². The lowest BCUT2D eigenvalue weighted by molar-refractivity contribution is 0.197. The Balaban J connectivity index is 0.00000192. The van der Waals surface area contributed by atoms with E-state index in [-0.39, 0.29) is 18.2 Å². The zero-order chi connectivity index (χ0) is 15.4. The maximum Gasteiger partial charge on any atom is 0.123 e. The third-order valence-electron chi connectivity index (χ3n) is 4.39. The van der Waals surface area contributed by atoms with E-state index in [9.17, 15) is 4.39 Å². The molecule has 4 heteroatoms. The minimum Gasteiger partial charge on any atom is -0.493 e. The smallest absolute Gasteiger partial charge is 0.123 e. The van der Waals surface area contributed by atoms with Crippen LogP contribution in [0.2, 0.25) is 0 Å². The van der Waals surface area contributed by atoms with Crippen LogP contribution < -0.4 is 10.1 Å². The number of benzene rings is 2. The van der Waals surface area contributed by atoms with Gasteiger partial charge in [-0.1, -0.05) is 29.8 Å². The molecular formula is C19H23ClFNO. The van der Waals surface area contributed by atoms with Crippen molar-refractivity contribution in [3.63, 3.8) is 0 Å². The molecule has 2 atom stereocenters. The van der Waals surface area contributed by atoms with Gasteiger partial charge in [-0.2, -0.15) is 0 Å². The molecule has 2 aromatic rings. The molecule has 1 aliphatic rings. The van der Waals surface area contributed by atoms with Crippen molar-refractivity contribution in [2.24, 2.45) is 5.92 Å². The van der Waals surface area contributed by atoms with Crippen molar-refractivity contribution in [3.8, 4) is 5.75 Å². The zero-order valence-electron chi connectivity index (χ0n) is 13.3. The second kappa shape index (κ2) is 8.32. The number of rotatable bonds is 4. The third kappa shape index (κ3) is 4.69. The number of piperidine rings is 1. The molecule has 1 aliphatic heterocycles. The fourth-order valence-corrected chi connectivity index (χ4v) is 3.08. The highest BCUT2D eigenvalue weighted by Gasteiger charge is 2.27. The van der Waals surface area contributed by atoms with E-state index in [4.69, 9.17) is 4.74 Å². The summed E-state index contributed by atoms with van der Waals surface area (Å²) in [4.78, 5) is 0. The molecule has 2 aromatic carbocycles. The number of hydrogen-bond acceptors (Lipinski definition) is 2. The molecule has 1 saturated heterocycles. The highest BCUT2D eigenvalue weighted by atomic mass is 35.5. The minimum atomic E-state index is -0.176. The highest BCUT2D eigenvalue weighted by molar-refractivity contribution is 5.85. The van der Waals surface area contributed by atoms with Gasteiger partial charge in [0.05, 0.1) is 6.61 Å². The molecule has 1 fully saturated rings. The van der Waals surface area contributed by atoms with Crippen LogP contribution in [0.5, 0.6) is 5.75 Å². The molecule has 0 radical (unpaired) electrons. The molecule has 0 saturated carbocycles. The maximum absolute atomic E-state index is 13.1. The fraction of sp³-hybridized carbons (Fsp3) is 0.368. The largest absolute Gasteiger partial charge is 0.493 e. The van der Waals surface area contributed by atoms with Gasteiger partial charge >= 0.3 is 0 Å². The summed E-state index contributed by atoms with van der Waals surface area (Å²) in [7, 11) is 0. The molecule has 0 amide bonds. The molecule has 124 valence electrons. The van der Waals surface area contributed by atoms with Crippen LogP contribution in [0.3, 0.4) is 0 Å². The first-order valence-electron chi connectivity index (χ1n) is 7.88. The van der Waals surface area contributed by atoms with Gasteiger partial charge < -0.3 is 10.1 Å². The Hall–Kier alpha value is -1.58. The van der Waals surface area contributed by atoms with Crippen molar-refractivity contribution < 1.29 is 9.13 Å². The predicted molar refractivity (Wildman–Crippen MR) is 94.0 cm³/mol. The van der Waals surface area contributed by atoms with E-state index in [1.165, 1.54) is 11.1 Å². The van der Waals surface area contributed by atoms with Gasteiger partial charge in [-0.05, 0) is 55.6 Å². The number of hydrogen-bond donors (Lipinski definition) is 1. The summed E-state index contributed by atoms with van der Waals surface area (Å²) in [6.07, 6.45) is 1.06. The monoisotopic (exact) mass is 335 g/mol. The lowest BCUT2D eigenvalue weighted by atomic mass is 9.81. The summed E-state index contributed by atoms with van der Waals surface area (Å²) in [6, 6.07) is 15.1. The zero-order valence-corrected chi connectivity index (χ0v) is 14.1. The number of halogens is 2. The normalized spacial score (nSPS) is 20.6. The second-order valence-corrected chi connectivity index (χ2v) is 6.03. The molecular weight excluding hydrogens is 313 g/mol. The van der Waals surface area contributed by atoms with Crippen molar-refractivity contribution in [3.05, 3.63) is 65.5 Å². The number of nitrogens with one attached hydrogen (secondary N) is 1. The van der Waals surface area contributed by atoms with Gasteiger partial charge in [-0.25, -0.2) is 4.39 Å². The van der Waals surface area contributed by atoms with Crippen LogP contribution >= 0.6 is 12.4 Å². The standard InChI is InChI=1S/C19H22FNO.ClH/c1-14-2-8-18(9-3-14)22-13-16-12-21-11-10-19(16)15-4-6-17(20)7-5-15;/h2-9,16,19,21H,10-13H2,1H3;1H/t16-,19-;/m0./s1. The van der Waals surface area contributed by atoms with Crippen LogP contribution in [-0.2, 0) is 0 Å². The van der Waals surface area contributed by atoms with Gasteiger partial charge in [0.1, 0.15) is 11.6 Å². The molecule has 2 nitrogen and oxygen atoms in total. The molecule has 0 spiro atoms. The van der Waals surface area contributed by atoms with Crippen molar-refractivity contribution in [2.45, 2.75) is 19.3 Å².